The first-order chi connectivity index (χ1) is 5.82. The monoisotopic (exact) mass is 333 g/mol. The van der Waals surface area contributed by atoms with E-state index in [0.29, 0.717) is 3.35 Å². The van der Waals surface area contributed by atoms with E-state index in [9.17, 15) is 18.5 Å². The molecule has 0 aliphatic rings. The van der Waals surface area contributed by atoms with Crippen LogP contribution in [0.2, 0.25) is 0 Å². The van der Waals surface area contributed by atoms with Crippen LogP contribution in [-0.4, -0.2) is 34.1 Å². The van der Waals surface area contributed by atoms with Crippen molar-refractivity contribution < 1.29 is 13.3 Å². The Hall–Kier alpha value is -0.171. The molecule has 13 heavy (non-hydrogen) atoms. The van der Waals surface area contributed by atoms with Gasteiger partial charge in [0.1, 0.15) is 0 Å². The zero-order valence-electron chi connectivity index (χ0n) is 6.35. The first-order valence-electron chi connectivity index (χ1n) is 2.96. The van der Waals surface area contributed by atoms with Crippen LogP contribution in [0.15, 0.2) is 13.2 Å². The number of sulfone groups is 1. The number of hydrogen-bond donors (Lipinski definition) is 0. The van der Waals surface area contributed by atoms with Crippen molar-refractivity contribution in [3.05, 3.63) is 19.5 Å². The molecule has 0 saturated carbocycles. The van der Waals surface area contributed by atoms with Gasteiger partial charge in [0.15, 0.2) is 0 Å². The fourth-order valence-corrected chi connectivity index (χ4v) is 5.46. The summed E-state index contributed by atoms with van der Waals surface area (Å²) in [6, 6.07) is 1.11. The van der Waals surface area contributed by atoms with Gasteiger partial charge in [-0.25, -0.2) is 0 Å². The van der Waals surface area contributed by atoms with Gasteiger partial charge in [-0.05, 0) is 0 Å². The van der Waals surface area contributed by atoms with Gasteiger partial charge in [0.2, 0.25) is 0 Å². The normalized spacial score (nSPS) is 11.5. The second-order valence-corrected chi connectivity index (χ2v) is 9.00. The van der Waals surface area contributed by atoms with Gasteiger partial charge in [0.25, 0.3) is 0 Å². The number of halogens is 1. The van der Waals surface area contributed by atoms with E-state index < -0.39 is 29.3 Å². The van der Waals surface area contributed by atoms with E-state index in [1.807, 2.05) is 0 Å². The zero-order chi connectivity index (χ0) is 10.2. The van der Waals surface area contributed by atoms with Crippen molar-refractivity contribution in [1.29, 1.82) is 0 Å². The maximum atomic E-state index is 11.0. The summed E-state index contributed by atoms with van der Waals surface area (Å²) < 4.78 is 22.6. The Morgan fingerprint density at radius 2 is 2.15 bits per heavy atom. The minimum absolute atomic E-state index is 0.138. The molecule has 0 spiro atoms. The van der Waals surface area contributed by atoms with Crippen molar-refractivity contribution in [2.24, 2.45) is 0 Å². The number of hydrogen-bond acceptors (Lipinski definition) is 4. The summed E-state index contributed by atoms with van der Waals surface area (Å²) in [6.45, 7) is 0. The van der Waals surface area contributed by atoms with Crippen LogP contribution in [0.3, 0.4) is 0 Å². The van der Waals surface area contributed by atoms with Crippen LogP contribution in [-0.2, 0) is 9.84 Å². The molecule has 0 unspecified atom stereocenters. The summed E-state index contributed by atoms with van der Waals surface area (Å²) in [5.74, 6) is 0. The predicted molar refractivity (Wildman–Crippen MR) is 50.8 cm³/mol. The van der Waals surface area contributed by atoms with E-state index in [4.69, 9.17) is 0 Å². The van der Waals surface area contributed by atoms with Gasteiger partial charge in [-0.2, -0.15) is 0 Å². The van der Waals surface area contributed by atoms with Crippen LogP contribution in [0.25, 0.3) is 0 Å². The summed E-state index contributed by atoms with van der Waals surface area (Å²) in [7, 11) is -3.29. The second-order valence-electron chi connectivity index (χ2n) is 2.25. The first-order valence-corrected chi connectivity index (χ1v) is 7.36. The van der Waals surface area contributed by atoms with Crippen LogP contribution in [0.1, 0.15) is 0 Å². The molecule has 8 heteroatoms. The van der Waals surface area contributed by atoms with E-state index in [1.54, 1.807) is 0 Å². The molecule has 72 valence electrons. The molecule has 1 aromatic rings. The summed E-state index contributed by atoms with van der Waals surface area (Å²) >= 11 is 2.50. The van der Waals surface area contributed by atoms with Crippen molar-refractivity contribution in [2.45, 2.75) is 3.77 Å². The Labute approximate surface area is 88.7 Å². The van der Waals surface area contributed by atoms with Gasteiger partial charge < -0.3 is 0 Å². The quantitative estimate of drug-likeness (QED) is 0.456. The fourth-order valence-electron chi connectivity index (χ4n) is 0.646. The molecule has 0 aliphatic heterocycles. The van der Waals surface area contributed by atoms with Gasteiger partial charge in [-0.15, -0.1) is 0 Å². The van der Waals surface area contributed by atoms with Crippen LogP contribution < -0.4 is 0 Å². The van der Waals surface area contributed by atoms with Crippen LogP contribution in [0, 0.1) is 10.1 Å². The molecule has 0 aromatic carbocycles. The third kappa shape index (κ3) is 2.40. The van der Waals surface area contributed by atoms with Crippen LogP contribution >= 0.6 is 15.9 Å². The Morgan fingerprint density at radius 1 is 1.62 bits per heavy atom. The van der Waals surface area contributed by atoms with E-state index in [-0.39, 0.29) is 9.46 Å². The van der Waals surface area contributed by atoms with Gasteiger partial charge in [0.05, 0.1) is 0 Å². The molecule has 0 fully saturated rings. The summed E-state index contributed by atoms with van der Waals surface area (Å²) in [5, 5.41) is 10.4. The molecule has 5 nitrogen and oxygen atoms in total. The fraction of sp³-hybridized carbons (Fsp3) is 0.200. The minimum atomic E-state index is -3.29. The molecule has 1 heterocycles. The molecule has 0 aliphatic carbocycles. The van der Waals surface area contributed by atoms with E-state index in [1.165, 1.54) is 0 Å². The summed E-state index contributed by atoms with van der Waals surface area (Å²) in [6.07, 6.45) is 1.05. The topological polar surface area (TPSA) is 77.3 Å². The Bertz CT molecular complexity index is 451. The number of rotatable bonds is 2. The molecule has 0 N–H and O–H groups in total. The van der Waals surface area contributed by atoms with Crippen LogP contribution in [0.4, 0.5) is 5.69 Å². The Balaban J connectivity index is 3.33. The summed E-state index contributed by atoms with van der Waals surface area (Å²) in [4.78, 5) is 9.78. The molecule has 0 amide bonds. The van der Waals surface area contributed by atoms with E-state index in [2.05, 4.69) is 15.9 Å². The standard InChI is InChI=1S/C5H4BrNO4SSe/c1-12(10,11)4-2-3(7(8)9)5(6)13-4/h2H,1H3. The van der Waals surface area contributed by atoms with Crippen LogP contribution in [0.5, 0.6) is 0 Å². The first kappa shape index (κ1) is 10.9. The van der Waals surface area contributed by atoms with Gasteiger partial charge >= 0.3 is 88.9 Å². The third-order valence-electron chi connectivity index (χ3n) is 1.21. The predicted octanol–water partition coefficient (Wildman–Crippen LogP) is 0.818. The average Bonchev–Trinajstić information content (AvgIpc) is 2.29. The molecule has 0 bridgehead atoms. The molecule has 1 aromatic heterocycles. The third-order valence-corrected chi connectivity index (χ3v) is 7.13. The molecule has 1 rings (SSSR count). The average molecular weight is 333 g/mol. The van der Waals surface area contributed by atoms with Crippen molar-refractivity contribution in [1.82, 2.24) is 0 Å². The van der Waals surface area contributed by atoms with Crippen molar-refractivity contribution >= 4 is 46.0 Å². The van der Waals surface area contributed by atoms with Gasteiger partial charge in [-0.3, -0.25) is 0 Å². The van der Waals surface area contributed by atoms with Crippen molar-refractivity contribution in [3.63, 3.8) is 0 Å². The maximum absolute atomic E-state index is 11.0. The number of nitro groups is 1. The molecule has 0 saturated heterocycles. The molecule has 0 atom stereocenters. The van der Waals surface area contributed by atoms with Crippen molar-refractivity contribution in [3.8, 4) is 0 Å². The number of nitrogens with zero attached hydrogens (tertiary/aromatic N) is 1. The summed E-state index contributed by atoms with van der Waals surface area (Å²) in [5.41, 5.74) is -0.152. The van der Waals surface area contributed by atoms with Gasteiger partial charge in [0, 0.05) is 0 Å². The molecular formula is C5H4BrNO4SSe. The van der Waals surface area contributed by atoms with E-state index in [0.717, 1.165) is 12.3 Å². The Kier molecular flexibility index (Phi) is 2.96. The molecule has 0 radical (unpaired) electrons. The zero-order valence-corrected chi connectivity index (χ0v) is 10.5. The Morgan fingerprint density at radius 3 is 2.38 bits per heavy atom. The van der Waals surface area contributed by atoms with Crippen molar-refractivity contribution in [2.75, 3.05) is 6.26 Å². The van der Waals surface area contributed by atoms with E-state index >= 15 is 0 Å². The molecular weight excluding hydrogens is 329 g/mol. The SMILES string of the molecule is CS(=O)(=O)c1cc([N+](=O)[O-])c(Br)[se]1. The van der Waals surface area contributed by atoms with Gasteiger partial charge in [-0.1, -0.05) is 0 Å². The second kappa shape index (κ2) is 3.53.